The zero-order valence-corrected chi connectivity index (χ0v) is 17.2. The fourth-order valence-corrected chi connectivity index (χ4v) is 5.05. The molecule has 0 amide bonds. The van der Waals surface area contributed by atoms with E-state index in [1.165, 1.54) is 18.9 Å². The first-order chi connectivity index (χ1) is 13.4. The Kier molecular flexibility index (Phi) is 5.61. The van der Waals surface area contributed by atoms with Gasteiger partial charge < -0.3 is 14.6 Å². The van der Waals surface area contributed by atoms with Crippen LogP contribution in [0.25, 0.3) is 11.0 Å². The lowest BCUT2D eigenvalue weighted by Crippen LogP contribution is -2.45. The molecule has 1 aliphatic carbocycles. The molecule has 0 spiro atoms. The van der Waals surface area contributed by atoms with Crippen LogP contribution >= 0.6 is 0 Å². The maximum absolute atomic E-state index is 13.8. The van der Waals surface area contributed by atoms with Crippen molar-refractivity contribution in [3.05, 3.63) is 34.0 Å². The van der Waals surface area contributed by atoms with Crippen LogP contribution in [0.5, 0.6) is 0 Å². The average Bonchev–Trinajstić information content (AvgIpc) is 2.97. The molecule has 28 heavy (non-hydrogen) atoms. The lowest BCUT2D eigenvalue weighted by atomic mass is 9.90. The summed E-state index contributed by atoms with van der Waals surface area (Å²) in [6.07, 6.45) is 7.36. The average molecular weight is 390 g/mol. The van der Waals surface area contributed by atoms with Gasteiger partial charge in [0.1, 0.15) is 5.82 Å². The number of hydrogen-bond donors (Lipinski definition) is 1. The van der Waals surface area contributed by atoms with Gasteiger partial charge in [0.25, 0.3) is 0 Å². The van der Waals surface area contributed by atoms with E-state index in [1.807, 2.05) is 4.57 Å². The van der Waals surface area contributed by atoms with Gasteiger partial charge in [0, 0.05) is 25.2 Å². The highest BCUT2D eigenvalue weighted by molar-refractivity contribution is 5.76. The summed E-state index contributed by atoms with van der Waals surface area (Å²) in [5.41, 5.74) is 1.88. The number of rotatable bonds is 4. The molecule has 154 valence electrons. The molecule has 0 atom stereocenters. The highest BCUT2D eigenvalue weighted by Crippen LogP contribution is 2.31. The van der Waals surface area contributed by atoms with E-state index in [-0.39, 0.29) is 17.5 Å². The van der Waals surface area contributed by atoms with Gasteiger partial charge in [0.2, 0.25) is 0 Å². The standard InChI is InChI=1S/C22H32FN3O2/c1-14(2)28-18-6-4-16(5-7-18)25-10-8-17(9-11-25)26-21-12-15(3)19(23)13-20(21)24-22(26)27/h12-14,16-18H,4-11H2,1-3H3,(H,24,27). The number of hydrogen-bond acceptors (Lipinski definition) is 3. The molecule has 0 bridgehead atoms. The van der Waals surface area contributed by atoms with Gasteiger partial charge >= 0.3 is 5.69 Å². The predicted octanol–water partition coefficient (Wildman–Crippen LogP) is 4.15. The predicted molar refractivity (Wildman–Crippen MR) is 109 cm³/mol. The van der Waals surface area contributed by atoms with Crippen molar-refractivity contribution in [3.8, 4) is 0 Å². The molecule has 1 aliphatic heterocycles. The number of ether oxygens (including phenoxy) is 1. The molecule has 4 rings (SSSR count). The first kappa shape index (κ1) is 19.6. The minimum absolute atomic E-state index is 0.121. The molecule has 2 heterocycles. The number of aromatic nitrogens is 2. The van der Waals surface area contributed by atoms with Gasteiger partial charge in [0.05, 0.1) is 23.2 Å². The summed E-state index contributed by atoms with van der Waals surface area (Å²) in [7, 11) is 0. The van der Waals surface area contributed by atoms with Gasteiger partial charge in [-0.2, -0.15) is 0 Å². The number of likely N-dealkylation sites (tertiary alicyclic amines) is 1. The monoisotopic (exact) mass is 389 g/mol. The second-order valence-corrected chi connectivity index (χ2v) is 8.80. The van der Waals surface area contributed by atoms with Crippen molar-refractivity contribution in [2.45, 2.75) is 83.6 Å². The van der Waals surface area contributed by atoms with Crippen molar-refractivity contribution in [1.82, 2.24) is 14.5 Å². The van der Waals surface area contributed by atoms with Crippen molar-refractivity contribution >= 4 is 11.0 Å². The number of nitrogens with one attached hydrogen (secondary N) is 1. The molecule has 1 saturated carbocycles. The summed E-state index contributed by atoms with van der Waals surface area (Å²) in [6, 6.07) is 4.06. The molecular weight excluding hydrogens is 357 g/mol. The van der Waals surface area contributed by atoms with E-state index in [4.69, 9.17) is 4.74 Å². The van der Waals surface area contributed by atoms with Crippen molar-refractivity contribution in [2.75, 3.05) is 13.1 Å². The van der Waals surface area contributed by atoms with E-state index in [1.54, 1.807) is 13.0 Å². The molecule has 5 nitrogen and oxygen atoms in total. The third-order valence-corrected chi connectivity index (χ3v) is 6.49. The highest BCUT2D eigenvalue weighted by atomic mass is 19.1. The van der Waals surface area contributed by atoms with Crippen LogP contribution in [-0.2, 0) is 4.74 Å². The van der Waals surface area contributed by atoms with E-state index < -0.39 is 0 Å². The third-order valence-electron chi connectivity index (χ3n) is 6.49. The molecule has 0 radical (unpaired) electrons. The number of piperidine rings is 1. The van der Waals surface area contributed by atoms with Crippen LogP contribution in [0.3, 0.4) is 0 Å². The first-order valence-electron chi connectivity index (χ1n) is 10.7. The fraction of sp³-hybridized carbons (Fsp3) is 0.682. The molecule has 2 aliphatic rings. The normalized spacial score (nSPS) is 25.0. The summed E-state index contributed by atoms with van der Waals surface area (Å²) in [4.78, 5) is 18.0. The minimum Gasteiger partial charge on any atom is -0.376 e. The Hall–Kier alpha value is -1.66. The summed E-state index contributed by atoms with van der Waals surface area (Å²) < 4.78 is 21.7. The van der Waals surface area contributed by atoms with Gasteiger partial charge in [-0.15, -0.1) is 0 Å². The van der Waals surface area contributed by atoms with Crippen molar-refractivity contribution in [2.24, 2.45) is 0 Å². The van der Waals surface area contributed by atoms with Crippen LogP contribution in [0.4, 0.5) is 4.39 Å². The summed E-state index contributed by atoms with van der Waals surface area (Å²) >= 11 is 0. The van der Waals surface area contributed by atoms with Crippen LogP contribution < -0.4 is 5.69 Å². The Morgan fingerprint density at radius 2 is 1.75 bits per heavy atom. The van der Waals surface area contributed by atoms with Crippen molar-refractivity contribution in [1.29, 1.82) is 0 Å². The second-order valence-electron chi connectivity index (χ2n) is 8.80. The van der Waals surface area contributed by atoms with Crippen LogP contribution in [0, 0.1) is 12.7 Å². The minimum atomic E-state index is -0.271. The topological polar surface area (TPSA) is 50.3 Å². The smallest absolute Gasteiger partial charge is 0.326 e. The van der Waals surface area contributed by atoms with E-state index in [0.717, 1.165) is 44.3 Å². The summed E-state index contributed by atoms with van der Waals surface area (Å²) in [5, 5.41) is 0. The van der Waals surface area contributed by atoms with E-state index in [9.17, 15) is 9.18 Å². The number of benzene rings is 1. The molecule has 1 aromatic heterocycles. The van der Waals surface area contributed by atoms with Gasteiger partial charge in [0.15, 0.2) is 0 Å². The van der Waals surface area contributed by atoms with Crippen molar-refractivity contribution in [3.63, 3.8) is 0 Å². The molecule has 2 fully saturated rings. The first-order valence-corrected chi connectivity index (χ1v) is 10.7. The molecular formula is C22H32FN3O2. The van der Waals surface area contributed by atoms with E-state index >= 15 is 0 Å². The van der Waals surface area contributed by atoms with Gasteiger partial charge in [-0.05, 0) is 77.0 Å². The Labute approximate surface area is 165 Å². The van der Waals surface area contributed by atoms with Crippen LogP contribution in [0.1, 0.15) is 64.0 Å². The Balaban J connectivity index is 1.40. The van der Waals surface area contributed by atoms with Crippen LogP contribution in [0.2, 0.25) is 0 Å². The Morgan fingerprint density at radius 1 is 1.07 bits per heavy atom. The van der Waals surface area contributed by atoms with Crippen LogP contribution in [-0.4, -0.2) is 45.8 Å². The zero-order chi connectivity index (χ0) is 19.8. The number of halogens is 1. The van der Waals surface area contributed by atoms with Crippen LogP contribution in [0.15, 0.2) is 16.9 Å². The molecule has 1 N–H and O–H groups in total. The Morgan fingerprint density at radius 3 is 2.39 bits per heavy atom. The number of nitrogens with zero attached hydrogens (tertiary/aromatic N) is 2. The third kappa shape index (κ3) is 3.90. The van der Waals surface area contributed by atoms with E-state index in [0.29, 0.717) is 29.3 Å². The number of imidazole rings is 1. The van der Waals surface area contributed by atoms with Crippen molar-refractivity contribution < 1.29 is 9.13 Å². The fourth-order valence-electron chi connectivity index (χ4n) is 5.05. The quantitative estimate of drug-likeness (QED) is 0.855. The summed E-state index contributed by atoms with van der Waals surface area (Å²) in [6.45, 7) is 8.01. The SMILES string of the molecule is Cc1cc2c(cc1F)[nH]c(=O)n2C1CCN(C2CCC(OC(C)C)CC2)CC1. The molecule has 1 aromatic carbocycles. The Bertz CT molecular complexity index is 872. The van der Waals surface area contributed by atoms with Gasteiger partial charge in [-0.25, -0.2) is 9.18 Å². The summed E-state index contributed by atoms with van der Waals surface area (Å²) in [5.74, 6) is -0.271. The molecule has 2 aromatic rings. The lowest BCUT2D eigenvalue weighted by molar-refractivity contribution is -0.0289. The number of aromatic amines is 1. The van der Waals surface area contributed by atoms with Gasteiger partial charge in [-0.1, -0.05) is 0 Å². The molecule has 0 unspecified atom stereocenters. The maximum atomic E-state index is 13.8. The highest BCUT2D eigenvalue weighted by Gasteiger charge is 2.31. The molecule has 6 heteroatoms. The lowest BCUT2D eigenvalue weighted by Gasteiger charge is -2.41. The zero-order valence-electron chi connectivity index (χ0n) is 17.2. The van der Waals surface area contributed by atoms with Gasteiger partial charge in [-0.3, -0.25) is 4.57 Å². The second kappa shape index (κ2) is 7.99. The molecule has 1 saturated heterocycles. The largest absolute Gasteiger partial charge is 0.376 e. The maximum Gasteiger partial charge on any atom is 0.326 e. The number of H-pyrrole nitrogens is 1. The van der Waals surface area contributed by atoms with E-state index in [2.05, 4.69) is 23.7 Å². The number of fused-ring (bicyclic) bond motifs is 1. The number of aryl methyl sites for hydroxylation is 1.